The summed E-state index contributed by atoms with van der Waals surface area (Å²) in [5, 5.41) is 0. The molecule has 0 radical (unpaired) electrons. The summed E-state index contributed by atoms with van der Waals surface area (Å²) in [6.07, 6.45) is 1.08. The van der Waals surface area contributed by atoms with Gasteiger partial charge in [0.05, 0.1) is 7.11 Å². The molecule has 0 heterocycles. The third-order valence-corrected chi connectivity index (χ3v) is 2.17. The summed E-state index contributed by atoms with van der Waals surface area (Å²) >= 11 is 0. The Kier molecular flexibility index (Phi) is 5.38. The van der Waals surface area contributed by atoms with Crippen LogP contribution in [0.1, 0.15) is 6.42 Å². The van der Waals surface area contributed by atoms with Crippen LogP contribution in [0, 0.1) is 0 Å². The van der Waals surface area contributed by atoms with Crippen LogP contribution >= 0.6 is 8.15 Å². The molecule has 0 fully saturated rings. The van der Waals surface area contributed by atoms with Crippen LogP contribution in [0.4, 0.5) is 0 Å². The zero-order valence-electron chi connectivity index (χ0n) is 6.78. The van der Waals surface area contributed by atoms with Crippen LogP contribution in [0.25, 0.3) is 0 Å². The van der Waals surface area contributed by atoms with Gasteiger partial charge in [-0.2, -0.15) is 0 Å². The first-order chi connectivity index (χ1) is 5.07. The van der Waals surface area contributed by atoms with E-state index < -0.39 is 20.2 Å². The van der Waals surface area contributed by atoms with Crippen molar-refractivity contribution >= 4 is 14.1 Å². The summed E-state index contributed by atoms with van der Waals surface area (Å²) in [6.45, 7) is 1.72. The van der Waals surface area contributed by atoms with Gasteiger partial charge in [-0.05, 0) is 19.2 Å². The molecule has 3 N–H and O–H groups in total. The maximum atomic E-state index is 10.7. The zero-order chi connectivity index (χ0) is 8.85. The molecule has 0 saturated carbocycles. The smallest absolute Gasteiger partial charge is 0.322 e. The fraction of sp³-hybridized carbons (Fsp3) is 0.833. The van der Waals surface area contributed by atoms with Crippen molar-refractivity contribution in [3.05, 3.63) is 0 Å². The Bertz CT molecular complexity index is 129. The molecule has 0 aromatic rings. The quantitative estimate of drug-likeness (QED) is 0.466. The third kappa shape index (κ3) is 5.13. The molecule has 0 aliphatic rings. The van der Waals surface area contributed by atoms with Gasteiger partial charge in [-0.15, -0.1) is 0 Å². The van der Waals surface area contributed by atoms with Gasteiger partial charge in [0.25, 0.3) is 0 Å². The van der Waals surface area contributed by atoms with E-state index in [9.17, 15) is 4.79 Å². The van der Waals surface area contributed by atoms with Crippen molar-refractivity contribution in [1.29, 1.82) is 0 Å². The minimum atomic E-state index is -0.951. The van der Waals surface area contributed by atoms with E-state index in [1.807, 2.05) is 0 Å². The van der Waals surface area contributed by atoms with Gasteiger partial charge in [-0.1, -0.05) is 0 Å². The molecule has 0 aliphatic heterocycles. The topological polar surface area (TPSA) is 72.5 Å². The van der Waals surface area contributed by atoms with E-state index in [-0.39, 0.29) is 0 Å². The lowest BCUT2D eigenvalue weighted by molar-refractivity contribution is -0.142. The highest BCUT2D eigenvalue weighted by atomic mass is 31.1. The lowest BCUT2D eigenvalue weighted by atomic mass is 10.2. The molecule has 0 spiro atoms. The van der Waals surface area contributed by atoms with Crippen LogP contribution in [0.5, 0.6) is 0 Å². The highest BCUT2D eigenvalue weighted by Crippen LogP contribution is 2.24. The highest BCUT2D eigenvalue weighted by molar-refractivity contribution is 7.50. The van der Waals surface area contributed by atoms with E-state index in [4.69, 9.17) is 10.6 Å². The number of ether oxygens (including phenoxy) is 1. The number of hydrogen-bond donors (Lipinski definition) is 2. The lowest BCUT2D eigenvalue weighted by Crippen LogP contribution is -2.32. The molecular weight excluding hydrogens is 165 g/mol. The van der Waals surface area contributed by atoms with Gasteiger partial charge in [-0.25, -0.2) is 0 Å². The number of nitrogens with two attached hydrogens (primary N) is 1. The molecular formula is C6H14NO3P. The van der Waals surface area contributed by atoms with E-state index in [0.29, 0.717) is 12.6 Å². The summed E-state index contributed by atoms with van der Waals surface area (Å²) in [5.41, 5.74) is 5.40. The first-order valence-electron chi connectivity index (χ1n) is 3.31. The minimum Gasteiger partial charge on any atom is -0.468 e. The van der Waals surface area contributed by atoms with Gasteiger partial charge in [0.2, 0.25) is 0 Å². The number of carbonyl (C=O) groups is 1. The lowest BCUT2D eigenvalue weighted by Gasteiger charge is -2.09. The van der Waals surface area contributed by atoms with Crippen LogP contribution in [0.3, 0.4) is 0 Å². The molecule has 0 amide bonds. The minimum absolute atomic E-state index is 0.415. The molecule has 0 rings (SSSR count). The van der Waals surface area contributed by atoms with E-state index in [0.717, 1.165) is 0 Å². The first-order valence-corrected chi connectivity index (χ1v) is 5.24. The van der Waals surface area contributed by atoms with Gasteiger partial charge in [0.15, 0.2) is 0 Å². The van der Waals surface area contributed by atoms with Crippen LogP contribution < -0.4 is 5.73 Å². The summed E-state index contributed by atoms with van der Waals surface area (Å²) < 4.78 is 4.41. The highest BCUT2D eigenvalue weighted by Gasteiger charge is 2.13. The maximum Gasteiger partial charge on any atom is 0.322 e. The monoisotopic (exact) mass is 179 g/mol. The van der Waals surface area contributed by atoms with E-state index >= 15 is 0 Å². The summed E-state index contributed by atoms with van der Waals surface area (Å²) in [5.74, 6) is -0.415. The number of esters is 1. The van der Waals surface area contributed by atoms with Crippen molar-refractivity contribution in [3.63, 3.8) is 0 Å². The Balaban J connectivity index is 3.52. The number of carbonyl (C=O) groups excluding carboxylic acids is 1. The van der Waals surface area contributed by atoms with Crippen molar-refractivity contribution in [2.24, 2.45) is 5.73 Å². The fourth-order valence-corrected chi connectivity index (χ4v) is 1.25. The van der Waals surface area contributed by atoms with E-state index in [1.165, 1.54) is 7.11 Å². The van der Waals surface area contributed by atoms with E-state index in [1.54, 1.807) is 6.66 Å². The number of rotatable bonds is 4. The average molecular weight is 179 g/mol. The van der Waals surface area contributed by atoms with E-state index in [2.05, 4.69) is 4.74 Å². The number of methoxy groups -OCH3 is 1. The Morgan fingerprint density at radius 1 is 1.82 bits per heavy atom. The molecule has 0 aliphatic carbocycles. The molecule has 0 bridgehead atoms. The van der Waals surface area contributed by atoms with Crippen LogP contribution in [0.15, 0.2) is 0 Å². The predicted molar refractivity (Wildman–Crippen MR) is 44.5 cm³/mol. The van der Waals surface area contributed by atoms with Crippen molar-refractivity contribution in [1.82, 2.24) is 0 Å². The molecule has 66 valence electrons. The average Bonchev–Trinajstić information content (AvgIpc) is 1.98. The van der Waals surface area contributed by atoms with Crippen LogP contribution in [0.2, 0.25) is 0 Å². The van der Waals surface area contributed by atoms with Gasteiger partial charge in [-0.3, -0.25) is 4.79 Å². The van der Waals surface area contributed by atoms with Crippen LogP contribution in [-0.2, 0) is 9.53 Å². The summed E-state index contributed by atoms with van der Waals surface area (Å²) in [4.78, 5) is 19.6. The largest absolute Gasteiger partial charge is 0.468 e. The molecule has 2 unspecified atom stereocenters. The SMILES string of the molecule is COC(=O)C(N)CCP(C)O. The van der Waals surface area contributed by atoms with Crippen molar-refractivity contribution in [3.8, 4) is 0 Å². The molecule has 0 saturated heterocycles. The maximum absolute atomic E-state index is 10.7. The Morgan fingerprint density at radius 3 is 2.73 bits per heavy atom. The first kappa shape index (κ1) is 10.8. The summed E-state index contributed by atoms with van der Waals surface area (Å²) in [7, 11) is 0.351. The van der Waals surface area contributed by atoms with Crippen molar-refractivity contribution < 1.29 is 14.4 Å². The van der Waals surface area contributed by atoms with Gasteiger partial charge >= 0.3 is 5.97 Å². The molecule has 11 heavy (non-hydrogen) atoms. The molecule has 4 nitrogen and oxygen atoms in total. The zero-order valence-corrected chi connectivity index (χ0v) is 7.67. The molecule has 2 atom stereocenters. The number of hydrogen-bond acceptors (Lipinski definition) is 4. The fourth-order valence-electron chi connectivity index (χ4n) is 0.595. The predicted octanol–water partition coefficient (Wildman–Crippen LogP) is -0.104. The summed E-state index contributed by atoms with van der Waals surface area (Å²) in [6, 6.07) is -0.586. The second-order valence-electron chi connectivity index (χ2n) is 2.30. The van der Waals surface area contributed by atoms with Crippen LogP contribution in [-0.4, -0.2) is 36.8 Å². The Hall–Kier alpha value is -0.180. The van der Waals surface area contributed by atoms with Gasteiger partial charge in [0.1, 0.15) is 6.04 Å². The van der Waals surface area contributed by atoms with Gasteiger partial charge in [0, 0.05) is 8.15 Å². The van der Waals surface area contributed by atoms with Gasteiger partial charge < -0.3 is 15.4 Å². The molecule has 5 heteroatoms. The van der Waals surface area contributed by atoms with Crippen molar-refractivity contribution in [2.45, 2.75) is 12.5 Å². The second-order valence-corrected chi connectivity index (χ2v) is 4.06. The Morgan fingerprint density at radius 2 is 2.36 bits per heavy atom. The molecule has 0 aromatic heterocycles. The molecule has 0 aromatic carbocycles. The standard InChI is InChI=1S/C6H14NO3P/c1-10-6(8)5(7)3-4-11(2)9/h5,9H,3-4,7H2,1-2H3. The van der Waals surface area contributed by atoms with Crippen molar-refractivity contribution in [2.75, 3.05) is 19.9 Å². The second kappa shape index (κ2) is 5.47. The third-order valence-electron chi connectivity index (χ3n) is 1.27. The Labute approximate surface area is 67.6 Å². The normalized spacial score (nSPS) is 15.6.